The molecule has 0 spiro atoms. The Bertz CT molecular complexity index is 543. The highest BCUT2D eigenvalue weighted by Crippen LogP contribution is 2.21. The minimum Gasteiger partial charge on any atom is -0.312 e. The van der Waals surface area contributed by atoms with Gasteiger partial charge in [-0.05, 0) is 24.6 Å². The molecule has 1 aliphatic rings. The second-order valence-electron chi connectivity index (χ2n) is 4.47. The molecule has 1 N–H and O–H groups in total. The third-order valence-electron chi connectivity index (χ3n) is 3.28. The Labute approximate surface area is 110 Å². The molecule has 2 rings (SSSR count). The fourth-order valence-electron chi connectivity index (χ4n) is 1.83. The number of non-ortho nitro benzene ring substituents is 1. The zero-order chi connectivity index (χ0) is 14.0. The van der Waals surface area contributed by atoms with Crippen LogP contribution < -0.4 is 10.2 Å². The van der Waals surface area contributed by atoms with Gasteiger partial charge in [0.25, 0.3) is 11.6 Å². The van der Waals surface area contributed by atoms with Crippen molar-refractivity contribution in [3.05, 3.63) is 45.5 Å². The van der Waals surface area contributed by atoms with Crippen molar-refractivity contribution in [1.82, 2.24) is 5.32 Å². The highest BCUT2D eigenvalue weighted by molar-refractivity contribution is 6.05. The zero-order valence-corrected chi connectivity index (χ0v) is 10.8. The van der Waals surface area contributed by atoms with Gasteiger partial charge in [-0.25, -0.2) is 0 Å². The second-order valence-corrected chi connectivity index (χ2v) is 4.47. The standard InChI is InChI=1S/C13H15N3O3/c1-9(10-7-14-8-10)13(17)15(2)11-3-5-12(6-4-11)16(18)19/h3-6,14H,7-8H2,1-2H3. The van der Waals surface area contributed by atoms with Crippen LogP contribution >= 0.6 is 0 Å². The molecule has 1 aromatic carbocycles. The first kappa shape index (κ1) is 13.2. The molecule has 0 radical (unpaired) electrons. The quantitative estimate of drug-likeness (QED) is 0.508. The minimum atomic E-state index is -0.459. The average Bonchev–Trinajstić information content (AvgIpc) is 2.35. The Balaban J connectivity index is 2.17. The minimum absolute atomic E-state index is 0.0165. The number of amides is 1. The summed E-state index contributed by atoms with van der Waals surface area (Å²) in [6, 6.07) is 5.94. The molecule has 0 unspecified atom stereocenters. The number of anilines is 1. The number of likely N-dealkylation sites (N-methyl/N-ethyl adjacent to an activating group) is 1. The van der Waals surface area contributed by atoms with Crippen LogP contribution in [0.4, 0.5) is 11.4 Å². The van der Waals surface area contributed by atoms with Gasteiger partial charge in [-0.1, -0.05) is 0 Å². The lowest BCUT2D eigenvalue weighted by atomic mass is 10.0. The Morgan fingerprint density at radius 2 is 1.89 bits per heavy atom. The molecule has 0 atom stereocenters. The van der Waals surface area contributed by atoms with Crippen LogP contribution in [0, 0.1) is 10.1 Å². The third kappa shape index (κ3) is 2.63. The number of nitro groups is 1. The normalized spacial score (nSPS) is 13.7. The molecule has 6 heteroatoms. The van der Waals surface area contributed by atoms with Gasteiger partial charge in [0.2, 0.25) is 0 Å². The van der Waals surface area contributed by atoms with Crippen molar-refractivity contribution in [2.45, 2.75) is 6.92 Å². The lowest BCUT2D eigenvalue weighted by Crippen LogP contribution is -2.38. The number of nitrogens with one attached hydrogen (secondary N) is 1. The zero-order valence-electron chi connectivity index (χ0n) is 10.8. The summed E-state index contributed by atoms with van der Waals surface area (Å²) in [4.78, 5) is 23.8. The molecule has 6 nitrogen and oxygen atoms in total. The van der Waals surface area contributed by atoms with E-state index < -0.39 is 4.92 Å². The molecule has 0 aromatic heterocycles. The summed E-state index contributed by atoms with van der Waals surface area (Å²) >= 11 is 0. The van der Waals surface area contributed by atoms with Crippen LogP contribution in [-0.2, 0) is 4.79 Å². The van der Waals surface area contributed by atoms with E-state index in [0.717, 1.165) is 24.2 Å². The van der Waals surface area contributed by atoms with Gasteiger partial charge in [-0.2, -0.15) is 0 Å². The lowest BCUT2D eigenvalue weighted by molar-refractivity contribution is -0.384. The number of benzene rings is 1. The molecule has 1 saturated heterocycles. The molecule has 1 aliphatic heterocycles. The molecule has 1 aromatic rings. The molecule has 0 aliphatic carbocycles. The summed E-state index contributed by atoms with van der Waals surface area (Å²) in [6.07, 6.45) is 0. The lowest BCUT2D eigenvalue weighted by Gasteiger charge is -2.24. The van der Waals surface area contributed by atoms with Gasteiger partial charge in [0, 0.05) is 43.5 Å². The van der Waals surface area contributed by atoms with Crippen molar-refractivity contribution in [2.24, 2.45) is 0 Å². The summed E-state index contributed by atoms with van der Waals surface area (Å²) in [5, 5.41) is 13.7. The Morgan fingerprint density at radius 1 is 1.32 bits per heavy atom. The van der Waals surface area contributed by atoms with Gasteiger partial charge in [0.15, 0.2) is 0 Å². The number of rotatable bonds is 3. The maximum Gasteiger partial charge on any atom is 0.269 e. The van der Waals surface area contributed by atoms with E-state index in [-0.39, 0.29) is 11.6 Å². The molecule has 0 bridgehead atoms. The summed E-state index contributed by atoms with van der Waals surface area (Å²) in [7, 11) is 1.67. The molecular weight excluding hydrogens is 246 g/mol. The van der Waals surface area contributed by atoms with Crippen LogP contribution in [0.25, 0.3) is 0 Å². The van der Waals surface area contributed by atoms with Gasteiger partial charge in [-0.15, -0.1) is 0 Å². The largest absolute Gasteiger partial charge is 0.312 e. The number of carbonyl (C=O) groups is 1. The number of nitrogens with zero attached hydrogens (tertiary/aromatic N) is 2. The predicted molar refractivity (Wildman–Crippen MR) is 72.1 cm³/mol. The van der Waals surface area contributed by atoms with Crippen LogP contribution in [-0.4, -0.2) is 31.0 Å². The third-order valence-corrected chi connectivity index (χ3v) is 3.28. The molecule has 1 amide bonds. The maximum absolute atomic E-state index is 12.2. The van der Waals surface area contributed by atoms with Crippen molar-refractivity contribution < 1.29 is 9.72 Å². The maximum atomic E-state index is 12.2. The second kappa shape index (κ2) is 5.19. The predicted octanol–water partition coefficient (Wildman–Crippen LogP) is 1.48. The molecule has 0 saturated carbocycles. The topological polar surface area (TPSA) is 75.5 Å². The van der Waals surface area contributed by atoms with E-state index in [4.69, 9.17) is 0 Å². The fraction of sp³-hybridized carbons (Fsp3) is 0.308. The molecular formula is C13H15N3O3. The first-order valence-corrected chi connectivity index (χ1v) is 5.92. The van der Waals surface area contributed by atoms with Crippen LogP contribution in [0.1, 0.15) is 6.92 Å². The summed E-state index contributed by atoms with van der Waals surface area (Å²) in [5.74, 6) is -0.0784. The van der Waals surface area contributed by atoms with Gasteiger partial charge in [-0.3, -0.25) is 14.9 Å². The van der Waals surface area contributed by atoms with Crippen LogP contribution in [0.5, 0.6) is 0 Å². The van der Waals surface area contributed by atoms with Crippen molar-refractivity contribution in [3.63, 3.8) is 0 Å². The summed E-state index contributed by atoms with van der Waals surface area (Å²) < 4.78 is 0. The Hall–Kier alpha value is -2.21. The smallest absolute Gasteiger partial charge is 0.269 e. The fourth-order valence-corrected chi connectivity index (χ4v) is 1.83. The number of hydrogen-bond acceptors (Lipinski definition) is 4. The van der Waals surface area contributed by atoms with Gasteiger partial charge in [0.1, 0.15) is 0 Å². The number of nitro benzene ring substituents is 1. The molecule has 100 valence electrons. The van der Waals surface area contributed by atoms with Crippen molar-refractivity contribution >= 4 is 17.3 Å². The van der Waals surface area contributed by atoms with Gasteiger partial charge in [0.05, 0.1) is 4.92 Å². The van der Waals surface area contributed by atoms with Crippen molar-refractivity contribution in [1.29, 1.82) is 0 Å². The van der Waals surface area contributed by atoms with E-state index in [2.05, 4.69) is 5.32 Å². The number of hydrogen-bond donors (Lipinski definition) is 1. The first-order chi connectivity index (χ1) is 9.00. The van der Waals surface area contributed by atoms with Crippen LogP contribution in [0.15, 0.2) is 35.4 Å². The Kier molecular flexibility index (Phi) is 3.62. The highest BCUT2D eigenvalue weighted by atomic mass is 16.6. The summed E-state index contributed by atoms with van der Waals surface area (Å²) in [6.45, 7) is 3.32. The van der Waals surface area contributed by atoms with Gasteiger partial charge >= 0.3 is 0 Å². The van der Waals surface area contributed by atoms with Crippen LogP contribution in [0.3, 0.4) is 0 Å². The Morgan fingerprint density at radius 3 is 2.32 bits per heavy atom. The number of carbonyl (C=O) groups excluding carboxylic acids is 1. The van der Waals surface area contributed by atoms with E-state index >= 15 is 0 Å². The monoisotopic (exact) mass is 261 g/mol. The van der Waals surface area contributed by atoms with Crippen molar-refractivity contribution in [3.8, 4) is 0 Å². The average molecular weight is 261 g/mol. The molecule has 1 fully saturated rings. The SMILES string of the molecule is CC(C(=O)N(C)c1ccc([N+](=O)[O-])cc1)=C1CNC1. The highest BCUT2D eigenvalue weighted by Gasteiger charge is 2.20. The van der Waals surface area contributed by atoms with E-state index in [0.29, 0.717) is 5.69 Å². The molecule has 19 heavy (non-hydrogen) atoms. The van der Waals surface area contributed by atoms with E-state index in [1.54, 1.807) is 26.1 Å². The van der Waals surface area contributed by atoms with E-state index in [1.165, 1.54) is 17.0 Å². The van der Waals surface area contributed by atoms with E-state index in [9.17, 15) is 14.9 Å². The molecule has 1 heterocycles. The van der Waals surface area contributed by atoms with Crippen molar-refractivity contribution in [2.75, 3.05) is 25.0 Å². The van der Waals surface area contributed by atoms with Crippen LogP contribution in [0.2, 0.25) is 0 Å². The van der Waals surface area contributed by atoms with Gasteiger partial charge < -0.3 is 10.2 Å². The summed E-state index contributed by atoms with van der Waals surface area (Å²) in [5.41, 5.74) is 2.50. The van der Waals surface area contributed by atoms with E-state index in [1.807, 2.05) is 0 Å². The first-order valence-electron chi connectivity index (χ1n) is 5.92.